The Morgan fingerprint density at radius 2 is 2.14 bits per heavy atom. The van der Waals surface area contributed by atoms with Gasteiger partial charge < -0.3 is 4.74 Å². The number of hydrogen-bond donors (Lipinski definition) is 1. The van der Waals surface area contributed by atoms with Gasteiger partial charge in [-0.1, -0.05) is 0 Å². The van der Waals surface area contributed by atoms with Crippen LogP contribution in [0.5, 0.6) is 0 Å². The van der Waals surface area contributed by atoms with Gasteiger partial charge in [-0.25, -0.2) is 0 Å². The number of carbonyl (C=O) groups excluding carboxylic acids is 1. The molecule has 1 aliphatic heterocycles. The second kappa shape index (κ2) is 5.13. The van der Waals surface area contributed by atoms with Crippen LogP contribution in [0, 0.1) is 0 Å². The summed E-state index contributed by atoms with van der Waals surface area (Å²) in [7, 11) is 0. The topological polar surface area (TPSA) is 56.2 Å². The molecule has 2 heterocycles. The molecule has 1 saturated heterocycles. The Bertz CT molecular complexity index is 544. The molecule has 0 spiro atoms. The normalized spacial score (nSPS) is 29.3. The minimum atomic E-state index is -0.172. The van der Waals surface area contributed by atoms with Crippen molar-refractivity contribution in [1.29, 1.82) is 0 Å². The Kier molecular flexibility index (Phi) is 3.56. The molecule has 2 aliphatic rings. The fourth-order valence-electron chi connectivity index (χ4n) is 3.44. The first-order valence-electron chi connectivity index (χ1n) is 7.90. The lowest BCUT2D eigenvalue weighted by Crippen LogP contribution is -2.38. The van der Waals surface area contributed by atoms with E-state index in [1.807, 2.05) is 13.1 Å². The standard InChI is InChI=1S/C16H25N3O2/c1-10-8-13(15(20)21-10)18-12-6-5-7-14-11(12)9-17-19(14)16(2,3)4/h9-10,12-13,18H,5-8H2,1-4H3/t10-,12-,13+/m1/s1. The van der Waals surface area contributed by atoms with Crippen molar-refractivity contribution in [3.05, 3.63) is 17.5 Å². The first-order valence-corrected chi connectivity index (χ1v) is 7.90. The van der Waals surface area contributed by atoms with E-state index in [0.29, 0.717) is 0 Å². The van der Waals surface area contributed by atoms with Crippen molar-refractivity contribution in [3.63, 3.8) is 0 Å². The zero-order valence-corrected chi connectivity index (χ0v) is 13.3. The van der Waals surface area contributed by atoms with Gasteiger partial charge in [0.1, 0.15) is 12.1 Å². The Morgan fingerprint density at radius 3 is 2.76 bits per heavy atom. The maximum atomic E-state index is 11.8. The zero-order valence-electron chi connectivity index (χ0n) is 13.3. The molecule has 0 amide bonds. The molecule has 5 heteroatoms. The van der Waals surface area contributed by atoms with Crippen molar-refractivity contribution in [2.24, 2.45) is 0 Å². The summed E-state index contributed by atoms with van der Waals surface area (Å²) in [6.45, 7) is 8.47. The van der Waals surface area contributed by atoms with E-state index in [1.165, 1.54) is 11.3 Å². The van der Waals surface area contributed by atoms with Crippen LogP contribution in [0.2, 0.25) is 0 Å². The summed E-state index contributed by atoms with van der Waals surface area (Å²) < 4.78 is 7.37. The maximum absolute atomic E-state index is 11.8. The van der Waals surface area contributed by atoms with Crippen molar-refractivity contribution in [2.45, 2.75) is 77.1 Å². The summed E-state index contributed by atoms with van der Waals surface area (Å²) >= 11 is 0. The summed E-state index contributed by atoms with van der Waals surface area (Å²) in [6.07, 6.45) is 6.01. The van der Waals surface area contributed by atoms with E-state index in [0.717, 1.165) is 25.7 Å². The average molecular weight is 291 g/mol. The Balaban J connectivity index is 1.82. The average Bonchev–Trinajstić information content (AvgIpc) is 2.93. The molecule has 0 unspecified atom stereocenters. The monoisotopic (exact) mass is 291 g/mol. The number of fused-ring (bicyclic) bond motifs is 1. The quantitative estimate of drug-likeness (QED) is 0.850. The van der Waals surface area contributed by atoms with Gasteiger partial charge in [0.2, 0.25) is 0 Å². The second-order valence-electron chi connectivity index (χ2n) is 7.28. The molecular formula is C16H25N3O2. The number of carbonyl (C=O) groups is 1. The van der Waals surface area contributed by atoms with Crippen LogP contribution in [0.1, 0.15) is 64.3 Å². The van der Waals surface area contributed by atoms with Crippen molar-refractivity contribution < 1.29 is 9.53 Å². The highest BCUT2D eigenvalue weighted by molar-refractivity contribution is 5.78. The summed E-state index contributed by atoms with van der Waals surface area (Å²) in [5.41, 5.74) is 2.56. The number of esters is 1. The number of hydrogen-bond acceptors (Lipinski definition) is 4. The van der Waals surface area contributed by atoms with Crippen LogP contribution in [0.4, 0.5) is 0 Å². The summed E-state index contributed by atoms with van der Waals surface area (Å²) in [5.74, 6) is -0.113. The molecule has 21 heavy (non-hydrogen) atoms. The summed E-state index contributed by atoms with van der Waals surface area (Å²) in [4.78, 5) is 11.8. The van der Waals surface area contributed by atoms with Crippen LogP contribution in [-0.2, 0) is 21.5 Å². The SMILES string of the molecule is C[C@@H]1C[C@H](N[C@@H]2CCCc3c2cnn3C(C)(C)C)C(=O)O1. The first kappa shape index (κ1) is 14.6. The van der Waals surface area contributed by atoms with Crippen molar-refractivity contribution in [3.8, 4) is 0 Å². The van der Waals surface area contributed by atoms with E-state index >= 15 is 0 Å². The maximum Gasteiger partial charge on any atom is 0.323 e. The van der Waals surface area contributed by atoms with Gasteiger partial charge in [-0.3, -0.25) is 14.8 Å². The molecule has 116 valence electrons. The third kappa shape index (κ3) is 2.71. The van der Waals surface area contributed by atoms with Gasteiger partial charge in [0.15, 0.2) is 0 Å². The van der Waals surface area contributed by atoms with Gasteiger partial charge in [0.25, 0.3) is 0 Å². The number of nitrogens with one attached hydrogen (secondary N) is 1. The van der Waals surface area contributed by atoms with E-state index in [-0.39, 0.29) is 29.7 Å². The van der Waals surface area contributed by atoms with Gasteiger partial charge in [-0.05, 0) is 47.0 Å². The minimum absolute atomic E-state index is 0.00369. The predicted molar refractivity (Wildman–Crippen MR) is 80.0 cm³/mol. The van der Waals surface area contributed by atoms with E-state index in [1.54, 1.807) is 0 Å². The fourth-order valence-corrected chi connectivity index (χ4v) is 3.44. The lowest BCUT2D eigenvalue weighted by Gasteiger charge is -2.29. The number of nitrogens with zero attached hydrogens (tertiary/aromatic N) is 2. The molecular weight excluding hydrogens is 266 g/mol. The molecule has 1 N–H and O–H groups in total. The molecule has 3 rings (SSSR count). The number of ether oxygens (including phenoxy) is 1. The van der Waals surface area contributed by atoms with Crippen LogP contribution in [0.3, 0.4) is 0 Å². The molecule has 0 aromatic carbocycles. The largest absolute Gasteiger partial charge is 0.461 e. The van der Waals surface area contributed by atoms with Crippen molar-refractivity contribution in [2.75, 3.05) is 0 Å². The molecule has 1 fully saturated rings. The van der Waals surface area contributed by atoms with Gasteiger partial charge in [0.05, 0.1) is 11.7 Å². The lowest BCUT2D eigenvalue weighted by atomic mass is 9.91. The van der Waals surface area contributed by atoms with Crippen LogP contribution >= 0.6 is 0 Å². The highest BCUT2D eigenvalue weighted by Gasteiger charge is 2.36. The minimum Gasteiger partial charge on any atom is -0.461 e. The molecule has 0 bridgehead atoms. The zero-order chi connectivity index (χ0) is 15.2. The Labute approximate surface area is 126 Å². The third-order valence-electron chi connectivity index (χ3n) is 4.39. The summed E-state index contributed by atoms with van der Waals surface area (Å²) in [5, 5.41) is 8.08. The fraction of sp³-hybridized carbons (Fsp3) is 0.750. The van der Waals surface area contributed by atoms with E-state index < -0.39 is 0 Å². The first-order chi connectivity index (χ1) is 9.86. The number of cyclic esters (lactones) is 1. The molecule has 5 nitrogen and oxygen atoms in total. The third-order valence-corrected chi connectivity index (χ3v) is 4.39. The van der Waals surface area contributed by atoms with E-state index in [2.05, 4.69) is 35.9 Å². The van der Waals surface area contributed by atoms with E-state index in [9.17, 15) is 4.79 Å². The van der Waals surface area contributed by atoms with Gasteiger partial charge >= 0.3 is 5.97 Å². The highest BCUT2D eigenvalue weighted by Crippen LogP contribution is 2.33. The van der Waals surface area contributed by atoms with Crippen LogP contribution < -0.4 is 5.32 Å². The Morgan fingerprint density at radius 1 is 1.38 bits per heavy atom. The van der Waals surface area contributed by atoms with Crippen LogP contribution in [0.15, 0.2) is 6.20 Å². The molecule has 3 atom stereocenters. The molecule has 1 aromatic heterocycles. The van der Waals surface area contributed by atoms with Gasteiger partial charge in [-0.15, -0.1) is 0 Å². The predicted octanol–water partition coefficient (Wildman–Crippen LogP) is 2.31. The van der Waals surface area contributed by atoms with E-state index in [4.69, 9.17) is 4.74 Å². The molecule has 1 aromatic rings. The van der Waals surface area contributed by atoms with Crippen LogP contribution in [-0.4, -0.2) is 27.9 Å². The molecule has 0 saturated carbocycles. The second-order valence-corrected chi connectivity index (χ2v) is 7.28. The van der Waals surface area contributed by atoms with Crippen molar-refractivity contribution in [1.82, 2.24) is 15.1 Å². The lowest BCUT2D eigenvalue weighted by molar-refractivity contribution is -0.142. The Hall–Kier alpha value is -1.36. The number of aromatic nitrogens is 2. The van der Waals surface area contributed by atoms with Gasteiger partial charge in [-0.2, -0.15) is 5.10 Å². The molecule has 0 radical (unpaired) electrons. The molecule has 1 aliphatic carbocycles. The van der Waals surface area contributed by atoms with Crippen LogP contribution in [0.25, 0.3) is 0 Å². The van der Waals surface area contributed by atoms with Gasteiger partial charge in [0, 0.05) is 23.7 Å². The van der Waals surface area contributed by atoms with Crippen molar-refractivity contribution >= 4 is 5.97 Å². The smallest absolute Gasteiger partial charge is 0.323 e. The summed E-state index contributed by atoms with van der Waals surface area (Å²) in [6, 6.07) is 0.0432. The highest BCUT2D eigenvalue weighted by atomic mass is 16.6. The number of rotatable bonds is 2.